The van der Waals surface area contributed by atoms with Crippen molar-refractivity contribution in [2.45, 2.75) is 6.92 Å². The van der Waals surface area contributed by atoms with Crippen LogP contribution in [0.5, 0.6) is 0 Å². The van der Waals surface area contributed by atoms with Crippen LogP contribution in [0.3, 0.4) is 0 Å². The van der Waals surface area contributed by atoms with Gasteiger partial charge in [-0.3, -0.25) is 0 Å². The van der Waals surface area contributed by atoms with E-state index in [1.807, 2.05) is 18.2 Å². The van der Waals surface area contributed by atoms with Crippen LogP contribution >= 0.6 is 23.1 Å². The van der Waals surface area contributed by atoms with Crippen molar-refractivity contribution >= 4 is 35.0 Å². The van der Waals surface area contributed by atoms with Crippen LogP contribution in [-0.2, 0) is 4.74 Å². The van der Waals surface area contributed by atoms with Gasteiger partial charge in [-0.1, -0.05) is 39.3 Å². The van der Waals surface area contributed by atoms with Gasteiger partial charge >= 0.3 is 11.9 Å². The van der Waals surface area contributed by atoms with Gasteiger partial charge in [0.1, 0.15) is 5.69 Å². The molecule has 2 aromatic heterocycles. The first-order chi connectivity index (χ1) is 10.7. The van der Waals surface area contributed by atoms with E-state index < -0.39 is 11.9 Å². The molecule has 0 atom stereocenters. The fraction of sp³-hybridized carbons (Fsp3) is 0.0769. The summed E-state index contributed by atoms with van der Waals surface area (Å²) in [5, 5.41) is 7.64. The minimum Gasteiger partial charge on any atom is -0.384 e. The normalized spacial score (nSPS) is 10.4. The quantitative estimate of drug-likeness (QED) is 0.536. The van der Waals surface area contributed by atoms with Crippen LogP contribution in [0.2, 0.25) is 0 Å². The lowest BCUT2D eigenvalue weighted by Crippen LogP contribution is -2.12. The van der Waals surface area contributed by atoms with Crippen molar-refractivity contribution < 1.29 is 14.3 Å². The summed E-state index contributed by atoms with van der Waals surface area (Å²) >= 11 is 1.76. The molecular formula is C13H8N4O3S2. The molecule has 0 radical (unpaired) electrons. The molecule has 3 aromatic rings. The Labute approximate surface area is 132 Å². The zero-order valence-corrected chi connectivity index (χ0v) is 12.8. The molecule has 0 aliphatic rings. The third kappa shape index (κ3) is 2.76. The predicted octanol–water partition coefficient (Wildman–Crippen LogP) is 2.36. The number of hydrogen-bond acceptors (Lipinski definition) is 9. The van der Waals surface area contributed by atoms with Gasteiger partial charge in [-0.05, 0) is 30.0 Å². The maximum absolute atomic E-state index is 12.2. The largest absolute Gasteiger partial charge is 0.384 e. The van der Waals surface area contributed by atoms with Crippen molar-refractivity contribution in [3.63, 3.8) is 0 Å². The number of benzene rings is 1. The fourth-order valence-corrected chi connectivity index (χ4v) is 2.80. The Morgan fingerprint density at radius 1 is 0.955 bits per heavy atom. The molecule has 3 rings (SSSR count). The number of rotatable bonds is 3. The van der Waals surface area contributed by atoms with Gasteiger partial charge in [0.2, 0.25) is 0 Å². The summed E-state index contributed by atoms with van der Waals surface area (Å²) in [6.45, 7) is 1.62. The van der Waals surface area contributed by atoms with Crippen LogP contribution in [-0.4, -0.2) is 31.1 Å². The standard InChI is InChI=1S/C13H8N4O3S2/c1-7-10(21-16-14-7)12(18)20-13(19)11-9(15-17-22-11)8-5-3-2-4-6-8/h2-6H,1H3. The molecule has 7 nitrogen and oxygen atoms in total. The molecule has 0 saturated carbocycles. The maximum atomic E-state index is 12.2. The molecule has 0 aliphatic carbocycles. The zero-order chi connectivity index (χ0) is 15.5. The Kier molecular flexibility index (Phi) is 3.98. The van der Waals surface area contributed by atoms with Gasteiger partial charge in [0.25, 0.3) is 0 Å². The molecule has 0 N–H and O–H groups in total. The van der Waals surface area contributed by atoms with Gasteiger partial charge in [0, 0.05) is 5.56 Å². The minimum absolute atomic E-state index is 0.176. The predicted molar refractivity (Wildman–Crippen MR) is 79.7 cm³/mol. The topological polar surface area (TPSA) is 94.9 Å². The monoisotopic (exact) mass is 332 g/mol. The summed E-state index contributed by atoms with van der Waals surface area (Å²) in [5.74, 6) is -1.56. The molecule has 2 heterocycles. The fourth-order valence-electron chi connectivity index (χ4n) is 1.71. The van der Waals surface area contributed by atoms with E-state index in [9.17, 15) is 9.59 Å². The molecule has 110 valence electrons. The van der Waals surface area contributed by atoms with Crippen molar-refractivity contribution in [3.05, 3.63) is 45.8 Å². The average molecular weight is 332 g/mol. The van der Waals surface area contributed by atoms with Crippen LogP contribution in [0.1, 0.15) is 25.0 Å². The third-order valence-corrected chi connectivity index (χ3v) is 4.26. The van der Waals surface area contributed by atoms with Gasteiger partial charge in [-0.25, -0.2) is 9.59 Å². The molecule has 0 bridgehead atoms. The highest BCUT2D eigenvalue weighted by molar-refractivity contribution is 7.08. The summed E-state index contributed by atoms with van der Waals surface area (Å²) in [7, 11) is 0. The Bertz CT molecular complexity index is 829. The van der Waals surface area contributed by atoms with Crippen LogP contribution in [0.15, 0.2) is 30.3 Å². The van der Waals surface area contributed by atoms with Crippen molar-refractivity contribution in [3.8, 4) is 11.3 Å². The van der Waals surface area contributed by atoms with E-state index in [-0.39, 0.29) is 9.75 Å². The number of aromatic nitrogens is 4. The maximum Gasteiger partial charge on any atom is 0.360 e. The molecule has 9 heteroatoms. The van der Waals surface area contributed by atoms with Crippen molar-refractivity contribution in [2.24, 2.45) is 0 Å². The molecule has 0 aliphatic heterocycles. The molecule has 0 fully saturated rings. The summed E-state index contributed by atoms with van der Waals surface area (Å²) in [5.41, 5.74) is 1.54. The first-order valence-corrected chi connectivity index (χ1v) is 7.64. The van der Waals surface area contributed by atoms with Crippen LogP contribution in [0.25, 0.3) is 11.3 Å². The number of esters is 2. The lowest BCUT2D eigenvalue weighted by molar-refractivity contribution is 0.0404. The number of hydrogen-bond donors (Lipinski definition) is 0. The highest BCUT2D eigenvalue weighted by Gasteiger charge is 2.24. The van der Waals surface area contributed by atoms with Crippen molar-refractivity contribution in [2.75, 3.05) is 0 Å². The zero-order valence-electron chi connectivity index (χ0n) is 11.2. The Morgan fingerprint density at radius 2 is 1.59 bits per heavy atom. The van der Waals surface area contributed by atoms with E-state index in [4.69, 9.17) is 4.74 Å². The average Bonchev–Trinajstić information content (AvgIpc) is 3.16. The Balaban J connectivity index is 1.84. The second-order valence-electron chi connectivity index (χ2n) is 4.18. The van der Waals surface area contributed by atoms with Crippen LogP contribution in [0.4, 0.5) is 0 Å². The number of aryl methyl sites for hydroxylation is 1. The third-order valence-electron chi connectivity index (χ3n) is 2.74. The number of carbonyl (C=O) groups excluding carboxylic acids is 2. The van der Waals surface area contributed by atoms with E-state index in [2.05, 4.69) is 19.2 Å². The lowest BCUT2D eigenvalue weighted by Gasteiger charge is -2.01. The van der Waals surface area contributed by atoms with E-state index in [1.54, 1.807) is 19.1 Å². The molecule has 0 amide bonds. The van der Waals surface area contributed by atoms with Crippen LogP contribution < -0.4 is 0 Å². The molecule has 0 saturated heterocycles. The molecule has 0 spiro atoms. The van der Waals surface area contributed by atoms with E-state index in [0.717, 1.165) is 28.6 Å². The van der Waals surface area contributed by atoms with Gasteiger partial charge in [-0.2, -0.15) is 0 Å². The van der Waals surface area contributed by atoms with E-state index in [1.165, 1.54) is 0 Å². The van der Waals surface area contributed by atoms with Crippen molar-refractivity contribution in [1.29, 1.82) is 0 Å². The SMILES string of the molecule is Cc1nnsc1C(=O)OC(=O)c1snnc1-c1ccccc1. The highest BCUT2D eigenvalue weighted by atomic mass is 32.1. The van der Waals surface area contributed by atoms with Crippen LogP contribution in [0, 0.1) is 6.92 Å². The van der Waals surface area contributed by atoms with E-state index >= 15 is 0 Å². The number of carbonyl (C=O) groups is 2. The summed E-state index contributed by atoms with van der Waals surface area (Å²) < 4.78 is 12.3. The van der Waals surface area contributed by atoms with Gasteiger partial charge < -0.3 is 4.74 Å². The molecule has 0 unspecified atom stereocenters. The van der Waals surface area contributed by atoms with Gasteiger partial charge in [-0.15, -0.1) is 10.2 Å². The summed E-state index contributed by atoms with van der Waals surface area (Å²) in [4.78, 5) is 24.5. The van der Waals surface area contributed by atoms with Crippen molar-refractivity contribution in [1.82, 2.24) is 19.2 Å². The first-order valence-electron chi connectivity index (χ1n) is 6.10. The number of nitrogens with zero attached hydrogens (tertiary/aromatic N) is 4. The minimum atomic E-state index is -0.786. The molecular weight excluding hydrogens is 324 g/mol. The van der Waals surface area contributed by atoms with E-state index in [0.29, 0.717) is 11.4 Å². The molecule has 1 aromatic carbocycles. The Hall–Kier alpha value is -2.52. The molecule has 22 heavy (non-hydrogen) atoms. The smallest absolute Gasteiger partial charge is 0.360 e. The Morgan fingerprint density at radius 3 is 2.27 bits per heavy atom. The van der Waals surface area contributed by atoms with Gasteiger partial charge in [0.15, 0.2) is 9.75 Å². The number of ether oxygens (including phenoxy) is 1. The second-order valence-corrected chi connectivity index (χ2v) is 5.69. The summed E-state index contributed by atoms with van der Waals surface area (Å²) in [6, 6.07) is 9.09. The summed E-state index contributed by atoms with van der Waals surface area (Å²) in [6.07, 6.45) is 0. The first kappa shape index (κ1) is 14.4. The van der Waals surface area contributed by atoms with Gasteiger partial charge in [0.05, 0.1) is 5.69 Å². The lowest BCUT2D eigenvalue weighted by atomic mass is 10.1. The highest BCUT2D eigenvalue weighted by Crippen LogP contribution is 2.24. The second kappa shape index (κ2) is 6.08.